The highest BCUT2D eigenvalue weighted by Gasteiger charge is 2.26. The third-order valence-corrected chi connectivity index (χ3v) is 3.82. The zero-order chi connectivity index (χ0) is 11.0. The van der Waals surface area contributed by atoms with Crippen LogP contribution in [0.2, 0.25) is 0 Å². The fraction of sp³-hybridized carbons (Fsp3) is 0.333. The smallest absolute Gasteiger partial charge is 0.144 e. The quantitative estimate of drug-likeness (QED) is 0.363. The van der Waals surface area contributed by atoms with Crippen LogP contribution >= 0.6 is 8.25 Å². The number of hydrogen-bond donors (Lipinski definition) is 0. The minimum atomic E-state index is -2.40. The van der Waals surface area contributed by atoms with E-state index in [1.165, 1.54) is 0 Å². The Morgan fingerprint density at radius 3 is 1.71 bits per heavy atom. The molecule has 0 N–H and O–H groups in total. The van der Waals surface area contributed by atoms with Crippen LogP contribution < -0.4 is 0 Å². The molecule has 76 valence electrons. The van der Waals surface area contributed by atoms with Crippen molar-refractivity contribution in [2.45, 2.75) is 11.5 Å². The number of hydrogen-bond acceptors (Lipinski definition) is 3. The predicted octanol–water partition coefficient (Wildman–Crippen LogP) is -1.08. The van der Waals surface area contributed by atoms with Gasteiger partial charge in [-0.15, -0.1) is 17.8 Å². The van der Waals surface area contributed by atoms with Crippen LogP contribution in [0.4, 0.5) is 8.78 Å². The second-order valence-electron chi connectivity index (χ2n) is 2.20. The molecule has 0 radical (unpaired) electrons. The largest absolute Gasteiger partial charge is 0.699 e. The van der Waals surface area contributed by atoms with Gasteiger partial charge in [0.25, 0.3) is 0 Å². The van der Waals surface area contributed by atoms with E-state index in [-0.39, 0.29) is 0 Å². The summed E-state index contributed by atoms with van der Waals surface area (Å²) in [6.45, 7) is 0. The second kappa shape index (κ2) is 7.80. The van der Waals surface area contributed by atoms with Gasteiger partial charge < -0.3 is 0 Å². The summed E-state index contributed by atoms with van der Waals surface area (Å²) in [5.41, 5.74) is -1.40. The van der Waals surface area contributed by atoms with Gasteiger partial charge in [-0.1, -0.05) is 0 Å². The van der Waals surface area contributed by atoms with E-state index in [0.717, 1.165) is 12.3 Å². The molecule has 0 aromatic heterocycles. The highest BCUT2D eigenvalue weighted by atomic mass is 31.1. The molecule has 2 atom stereocenters. The summed E-state index contributed by atoms with van der Waals surface area (Å²) in [5.74, 6) is 4.08. The van der Waals surface area contributed by atoms with Crippen molar-refractivity contribution in [1.29, 1.82) is 0 Å². The number of rotatable bonds is 4. The lowest BCUT2D eigenvalue weighted by Crippen LogP contribution is -2.09. The fourth-order valence-electron chi connectivity index (χ4n) is 0.489. The van der Waals surface area contributed by atoms with E-state index < -0.39 is 19.7 Å². The first kappa shape index (κ1) is 13.4. The second-order valence-corrected chi connectivity index (χ2v) is 5.16. The number of halogens is 2. The topological polar surface area (TPSA) is 35.5 Å². The molecule has 0 spiro atoms. The molecule has 0 saturated heterocycles. The van der Waals surface area contributed by atoms with Gasteiger partial charge in [-0.2, -0.15) is 0 Å². The van der Waals surface area contributed by atoms with E-state index in [1.54, 1.807) is 0 Å². The van der Waals surface area contributed by atoms with Crippen molar-refractivity contribution in [3.05, 3.63) is 0 Å². The van der Waals surface area contributed by atoms with Crippen molar-refractivity contribution in [2.24, 2.45) is 0 Å². The molecule has 0 heterocycles. The molecule has 0 aromatic carbocycles. The van der Waals surface area contributed by atoms with Gasteiger partial charge in [0.15, 0.2) is 11.5 Å². The summed E-state index contributed by atoms with van der Waals surface area (Å²) in [4.78, 5) is 0. The van der Waals surface area contributed by atoms with Gasteiger partial charge in [-0.25, -0.2) is 0 Å². The van der Waals surface area contributed by atoms with Crippen LogP contribution in [-0.4, -0.2) is 31.9 Å². The fourth-order valence-corrected chi connectivity index (χ4v) is 2.41. The molecule has 3 nitrogen and oxygen atoms in total. The molecular formula is C6H8F2O3PSi2+. The van der Waals surface area contributed by atoms with Crippen molar-refractivity contribution < 1.29 is 22.4 Å². The summed E-state index contributed by atoms with van der Waals surface area (Å²) >= 11 is 0. The Kier molecular flexibility index (Phi) is 7.49. The Morgan fingerprint density at radius 1 is 1.07 bits per heavy atom. The molecular weight excluding hydrogens is 245 g/mol. The van der Waals surface area contributed by atoms with Gasteiger partial charge >= 0.3 is 8.25 Å². The highest BCUT2D eigenvalue weighted by Crippen LogP contribution is 2.26. The molecule has 0 fully saturated rings. The van der Waals surface area contributed by atoms with Crippen molar-refractivity contribution in [1.82, 2.24) is 0 Å². The van der Waals surface area contributed by atoms with Crippen molar-refractivity contribution in [3.63, 3.8) is 0 Å². The first-order chi connectivity index (χ1) is 6.60. The Bertz CT molecular complexity index is 287. The van der Waals surface area contributed by atoms with E-state index in [2.05, 4.69) is 9.05 Å². The van der Waals surface area contributed by atoms with E-state index in [4.69, 9.17) is 0 Å². The Labute approximate surface area is 87.3 Å². The monoisotopic (exact) mass is 253 g/mol. The lowest BCUT2D eigenvalue weighted by molar-refractivity contribution is 0.236. The van der Waals surface area contributed by atoms with Crippen LogP contribution in [0, 0.1) is 24.2 Å². The van der Waals surface area contributed by atoms with Gasteiger partial charge in [0.05, 0.1) is 20.5 Å². The van der Waals surface area contributed by atoms with E-state index >= 15 is 0 Å². The average molecular weight is 253 g/mol. The first-order valence-electron chi connectivity index (χ1n) is 3.63. The molecule has 0 saturated carbocycles. The van der Waals surface area contributed by atoms with Crippen molar-refractivity contribution in [2.75, 3.05) is 0 Å². The van der Waals surface area contributed by atoms with Gasteiger partial charge in [0, 0.05) is 4.57 Å². The third-order valence-electron chi connectivity index (χ3n) is 1.00. The minimum absolute atomic E-state index is 0.401. The predicted molar refractivity (Wildman–Crippen MR) is 55.0 cm³/mol. The van der Waals surface area contributed by atoms with Gasteiger partial charge in [0.2, 0.25) is 0 Å². The van der Waals surface area contributed by atoms with Crippen LogP contribution in [0.1, 0.15) is 0 Å². The van der Waals surface area contributed by atoms with Crippen LogP contribution in [0.15, 0.2) is 0 Å². The lowest BCUT2D eigenvalue weighted by atomic mass is 10.7. The SMILES string of the molecule is O=[P+](OC([SiH3])C#CF)OC([SiH3])C#CF. The molecule has 2 unspecified atom stereocenters. The van der Waals surface area contributed by atoms with Gasteiger partial charge in [-0.3, -0.25) is 0 Å². The molecule has 0 amide bonds. The average Bonchev–Trinajstić information content (AvgIpc) is 2.03. The van der Waals surface area contributed by atoms with E-state index in [9.17, 15) is 13.3 Å². The van der Waals surface area contributed by atoms with Crippen LogP contribution in [-0.2, 0) is 13.6 Å². The maximum Gasteiger partial charge on any atom is 0.699 e. The Morgan fingerprint density at radius 2 is 1.43 bits per heavy atom. The van der Waals surface area contributed by atoms with Gasteiger partial charge in [-0.05, 0) is 11.8 Å². The zero-order valence-corrected chi connectivity index (χ0v) is 12.5. The lowest BCUT2D eigenvalue weighted by Gasteiger charge is -1.94. The molecule has 8 heteroatoms. The molecule has 14 heavy (non-hydrogen) atoms. The van der Waals surface area contributed by atoms with E-state index in [0.29, 0.717) is 20.5 Å². The zero-order valence-electron chi connectivity index (χ0n) is 7.58. The molecule has 0 bridgehead atoms. The summed E-state index contributed by atoms with van der Waals surface area (Å²) in [5, 5.41) is 0. The normalized spacial score (nSPS) is 14.6. The van der Waals surface area contributed by atoms with Crippen LogP contribution in [0.3, 0.4) is 0 Å². The van der Waals surface area contributed by atoms with Crippen LogP contribution in [0.25, 0.3) is 0 Å². The standard InChI is InChI=1S/C6H8F2O3PSi2/c7-3-1-5(13)10-12(9)11-6(14)2-4-8/h5-6H,13-14H3/q+1. The highest BCUT2D eigenvalue weighted by molar-refractivity contribution is 7.33. The summed E-state index contributed by atoms with van der Waals surface area (Å²) in [7, 11) is -1.60. The molecule has 0 aliphatic heterocycles. The minimum Gasteiger partial charge on any atom is -0.144 e. The summed E-state index contributed by atoms with van der Waals surface area (Å²) < 4.78 is 43.2. The van der Waals surface area contributed by atoms with Gasteiger partial charge in [0.1, 0.15) is 12.3 Å². The summed E-state index contributed by atoms with van der Waals surface area (Å²) in [6, 6.07) is 0. The van der Waals surface area contributed by atoms with E-state index in [1.807, 2.05) is 11.8 Å². The molecule has 0 aliphatic carbocycles. The molecule has 0 aliphatic rings. The summed E-state index contributed by atoms with van der Waals surface area (Å²) in [6.07, 6.45) is 2.30. The third kappa shape index (κ3) is 6.90. The maximum absolute atomic E-state index is 11.5. The Hall–Kier alpha value is -0.566. The first-order valence-corrected chi connectivity index (χ1v) is 7.03. The molecule has 0 rings (SSSR count). The maximum atomic E-state index is 11.5. The van der Waals surface area contributed by atoms with Crippen molar-refractivity contribution >= 4 is 28.7 Å². The van der Waals surface area contributed by atoms with Crippen LogP contribution in [0.5, 0.6) is 0 Å². The van der Waals surface area contributed by atoms with Crippen molar-refractivity contribution in [3.8, 4) is 24.2 Å². The Balaban J connectivity index is 3.94. The molecule has 0 aromatic rings.